The van der Waals surface area contributed by atoms with Gasteiger partial charge < -0.3 is 9.84 Å². The van der Waals surface area contributed by atoms with Crippen molar-refractivity contribution in [3.63, 3.8) is 0 Å². The highest BCUT2D eigenvalue weighted by atomic mass is 16.5. The minimum Gasteiger partial charge on any atom is -0.508 e. The second kappa shape index (κ2) is 8.82. The molecule has 1 aromatic carbocycles. The number of nitrogens with zero attached hydrogens (tertiary/aromatic N) is 3. The number of phenols is 1. The number of hydrogen-bond donors (Lipinski definition) is 1. The average Bonchev–Trinajstić information content (AvgIpc) is 2.61. The molecule has 0 saturated carbocycles. The Morgan fingerprint density at radius 1 is 1.21 bits per heavy atom. The number of unbranched alkanes of at least 4 members (excludes halogenated alkanes) is 1. The van der Waals surface area contributed by atoms with Crippen LogP contribution in [0.5, 0.6) is 11.6 Å². The molecule has 0 bridgehead atoms. The minimum atomic E-state index is 0.216. The highest BCUT2D eigenvalue weighted by Crippen LogP contribution is 2.17. The Kier molecular flexibility index (Phi) is 6.49. The van der Waals surface area contributed by atoms with Crippen LogP contribution in [-0.2, 0) is 0 Å². The predicted molar refractivity (Wildman–Crippen MR) is 97.4 cm³/mol. The molecule has 0 amide bonds. The second-order valence-electron chi connectivity index (χ2n) is 5.35. The fourth-order valence-corrected chi connectivity index (χ4v) is 2.17. The molecule has 1 heterocycles. The number of benzene rings is 1. The van der Waals surface area contributed by atoms with Crippen molar-refractivity contribution in [3.8, 4) is 11.6 Å². The summed E-state index contributed by atoms with van der Waals surface area (Å²) in [5.41, 5.74) is 2.48. The van der Waals surface area contributed by atoms with Gasteiger partial charge in [0.05, 0.1) is 17.9 Å². The van der Waals surface area contributed by atoms with Crippen LogP contribution in [0.1, 0.15) is 37.8 Å². The summed E-state index contributed by atoms with van der Waals surface area (Å²) in [5, 5.41) is 9.41. The first-order chi connectivity index (χ1) is 11.7. The molecule has 5 nitrogen and oxygen atoms in total. The Bertz CT molecular complexity index is 722. The minimum absolute atomic E-state index is 0.216. The van der Waals surface area contributed by atoms with Crippen LogP contribution in [0.15, 0.2) is 52.6 Å². The molecular weight excluding hydrogens is 302 g/mol. The molecule has 0 aliphatic heterocycles. The summed E-state index contributed by atoms with van der Waals surface area (Å²) in [6, 6.07) is 10.6. The monoisotopic (exact) mass is 325 g/mol. The molecule has 1 aromatic heterocycles. The second-order valence-corrected chi connectivity index (χ2v) is 5.35. The van der Waals surface area contributed by atoms with Crippen molar-refractivity contribution in [3.05, 3.63) is 53.7 Å². The molecule has 126 valence electrons. The van der Waals surface area contributed by atoms with Gasteiger partial charge in [0, 0.05) is 18.8 Å². The van der Waals surface area contributed by atoms with Gasteiger partial charge in [0.1, 0.15) is 5.75 Å². The first-order valence-corrected chi connectivity index (χ1v) is 8.05. The van der Waals surface area contributed by atoms with Gasteiger partial charge in [0.25, 0.3) is 0 Å². The number of pyridine rings is 1. The van der Waals surface area contributed by atoms with E-state index >= 15 is 0 Å². The first-order valence-electron chi connectivity index (χ1n) is 8.05. The maximum absolute atomic E-state index is 9.41. The van der Waals surface area contributed by atoms with E-state index in [9.17, 15) is 5.11 Å². The smallest absolute Gasteiger partial charge is 0.222 e. The van der Waals surface area contributed by atoms with E-state index in [1.165, 1.54) is 0 Å². The number of aliphatic imine (C=N–C) groups is 2. The van der Waals surface area contributed by atoms with Gasteiger partial charge in [0.15, 0.2) is 5.84 Å². The Morgan fingerprint density at radius 2 is 1.96 bits per heavy atom. The third-order valence-corrected chi connectivity index (χ3v) is 3.51. The molecule has 2 aromatic rings. The van der Waals surface area contributed by atoms with Crippen molar-refractivity contribution in [1.82, 2.24) is 4.98 Å². The lowest BCUT2D eigenvalue weighted by Crippen LogP contribution is -2.08. The molecule has 0 fully saturated rings. The number of rotatable bonds is 6. The molecule has 1 N–H and O–H groups in total. The van der Waals surface area contributed by atoms with Crippen molar-refractivity contribution in [2.45, 2.75) is 26.7 Å². The normalized spacial score (nSPS) is 12.3. The zero-order chi connectivity index (χ0) is 17.4. The molecule has 24 heavy (non-hydrogen) atoms. The number of aromatic nitrogens is 1. The van der Waals surface area contributed by atoms with Gasteiger partial charge in [-0.05, 0) is 49.7 Å². The third kappa shape index (κ3) is 4.65. The summed E-state index contributed by atoms with van der Waals surface area (Å²) in [6.45, 7) is 4.67. The summed E-state index contributed by atoms with van der Waals surface area (Å²) in [7, 11) is 1.70. The van der Waals surface area contributed by atoms with E-state index in [0.717, 1.165) is 29.7 Å². The molecule has 0 radical (unpaired) electrons. The van der Waals surface area contributed by atoms with Gasteiger partial charge in [-0.3, -0.25) is 4.99 Å². The number of ether oxygens (including phenoxy) is 1. The van der Waals surface area contributed by atoms with E-state index < -0.39 is 0 Å². The number of amidine groups is 1. The van der Waals surface area contributed by atoms with Crippen LogP contribution < -0.4 is 4.74 Å². The first kappa shape index (κ1) is 17.7. The molecule has 0 unspecified atom stereocenters. The van der Waals surface area contributed by atoms with E-state index in [4.69, 9.17) is 4.74 Å². The van der Waals surface area contributed by atoms with Crippen molar-refractivity contribution in [1.29, 1.82) is 0 Å². The molecule has 0 spiro atoms. The SMILES string of the molecule is CCCCOc1ncccc1C(C)=NC(=NC)c1ccc(O)cc1. The lowest BCUT2D eigenvalue weighted by atomic mass is 10.1. The summed E-state index contributed by atoms with van der Waals surface area (Å²) in [6.07, 6.45) is 3.77. The van der Waals surface area contributed by atoms with Crippen molar-refractivity contribution in [2.24, 2.45) is 9.98 Å². The zero-order valence-corrected chi connectivity index (χ0v) is 14.4. The Balaban J connectivity index is 2.27. The number of phenolic OH excluding ortho intramolecular Hbond substituents is 1. The highest BCUT2D eigenvalue weighted by Gasteiger charge is 2.10. The maximum Gasteiger partial charge on any atom is 0.222 e. The van der Waals surface area contributed by atoms with Gasteiger partial charge in [-0.15, -0.1) is 0 Å². The van der Waals surface area contributed by atoms with Crippen molar-refractivity contribution in [2.75, 3.05) is 13.7 Å². The molecular formula is C19H23N3O2. The van der Waals surface area contributed by atoms with Crippen LogP contribution in [0.4, 0.5) is 0 Å². The standard InChI is InChI=1S/C19H23N3O2/c1-4-5-13-24-19-17(7-6-12-21-19)14(2)22-18(20-3)15-8-10-16(23)11-9-15/h6-12,23H,4-5,13H2,1-3H3. The summed E-state index contributed by atoms with van der Waals surface area (Å²) < 4.78 is 5.77. The molecule has 0 saturated heterocycles. The Morgan fingerprint density at radius 3 is 2.62 bits per heavy atom. The van der Waals surface area contributed by atoms with Crippen LogP contribution in [0.25, 0.3) is 0 Å². The molecule has 5 heteroatoms. The van der Waals surface area contributed by atoms with E-state index in [1.807, 2.05) is 19.1 Å². The van der Waals surface area contributed by atoms with E-state index in [2.05, 4.69) is 21.9 Å². The van der Waals surface area contributed by atoms with Gasteiger partial charge in [-0.1, -0.05) is 13.3 Å². The summed E-state index contributed by atoms with van der Waals surface area (Å²) in [5.74, 6) is 1.40. The Labute approximate surface area is 142 Å². The zero-order valence-electron chi connectivity index (χ0n) is 14.4. The summed E-state index contributed by atoms with van der Waals surface area (Å²) >= 11 is 0. The molecule has 2 rings (SSSR count). The van der Waals surface area contributed by atoms with Crippen molar-refractivity contribution >= 4 is 11.5 Å². The number of aromatic hydroxyl groups is 1. The van der Waals surface area contributed by atoms with E-state index in [0.29, 0.717) is 18.3 Å². The highest BCUT2D eigenvalue weighted by molar-refractivity contribution is 6.12. The number of hydrogen-bond acceptors (Lipinski definition) is 4. The lowest BCUT2D eigenvalue weighted by Gasteiger charge is -2.10. The fourth-order valence-electron chi connectivity index (χ4n) is 2.17. The Hall–Kier alpha value is -2.69. The maximum atomic E-state index is 9.41. The lowest BCUT2D eigenvalue weighted by molar-refractivity contribution is 0.297. The van der Waals surface area contributed by atoms with Crippen LogP contribution in [0, 0.1) is 0 Å². The molecule has 0 atom stereocenters. The van der Waals surface area contributed by atoms with Crippen LogP contribution in [0.2, 0.25) is 0 Å². The van der Waals surface area contributed by atoms with Crippen molar-refractivity contribution < 1.29 is 9.84 Å². The van der Waals surface area contributed by atoms with Gasteiger partial charge in [-0.25, -0.2) is 9.98 Å². The van der Waals surface area contributed by atoms with Crippen LogP contribution in [-0.4, -0.2) is 35.3 Å². The third-order valence-electron chi connectivity index (χ3n) is 3.51. The topological polar surface area (TPSA) is 67.1 Å². The van der Waals surface area contributed by atoms with E-state index in [1.54, 1.807) is 37.5 Å². The molecule has 0 aliphatic carbocycles. The van der Waals surface area contributed by atoms with Gasteiger partial charge >= 0.3 is 0 Å². The quantitative estimate of drug-likeness (QED) is 0.498. The van der Waals surface area contributed by atoms with E-state index in [-0.39, 0.29) is 5.75 Å². The van der Waals surface area contributed by atoms with Crippen LogP contribution in [0.3, 0.4) is 0 Å². The largest absolute Gasteiger partial charge is 0.508 e. The summed E-state index contributed by atoms with van der Waals surface area (Å²) in [4.78, 5) is 13.2. The van der Waals surface area contributed by atoms with Crippen LogP contribution >= 0.6 is 0 Å². The van der Waals surface area contributed by atoms with Gasteiger partial charge in [0.2, 0.25) is 5.88 Å². The van der Waals surface area contributed by atoms with Gasteiger partial charge in [-0.2, -0.15) is 0 Å². The average molecular weight is 325 g/mol. The molecule has 0 aliphatic rings. The fraction of sp³-hybridized carbons (Fsp3) is 0.316. The predicted octanol–water partition coefficient (Wildman–Crippen LogP) is 3.85.